The molecule has 2 unspecified atom stereocenters. The molecule has 0 radical (unpaired) electrons. The van der Waals surface area contributed by atoms with Crippen molar-refractivity contribution in [1.82, 2.24) is 4.90 Å². The van der Waals surface area contributed by atoms with Crippen LogP contribution in [0.15, 0.2) is 163 Å². The maximum absolute atomic E-state index is 13.5. The summed E-state index contributed by atoms with van der Waals surface area (Å²) in [5, 5.41) is 0. The third-order valence-electron chi connectivity index (χ3n) is 15.6. The molecule has 69 heavy (non-hydrogen) atoms. The summed E-state index contributed by atoms with van der Waals surface area (Å²) in [7, 11) is 2.16. The first-order chi connectivity index (χ1) is 33.4. The summed E-state index contributed by atoms with van der Waals surface area (Å²) in [5.74, 6) is 2.00. The van der Waals surface area contributed by atoms with Gasteiger partial charge in [-0.2, -0.15) is 0 Å². The molecule has 1 aliphatic carbocycles. The number of amides is 2. The van der Waals surface area contributed by atoms with Crippen molar-refractivity contribution in [3.63, 3.8) is 0 Å². The second kappa shape index (κ2) is 20.5. The van der Waals surface area contributed by atoms with Crippen molar-refractivity contribution < 1.29 is 9.59 Å². The van der Waals surface area contributed by atoms with Crippen LogP contribution >= 0.6 is 0 Å². The lowest BCUT2D eigenvalue weighted by Crippen LogP contribution is -2.52. The number of rotatable bonds is 13. The Labute approximate surface area is 413 Å². The quantitative estimate of drug-likeness (QED) is 0.0553. The molecule has 5 nitrogen and oxygen atoms in total. The van der Waals surface area contributed by atoms with E-state index in [1.807, 2.05) is 13.0 Å². The van der Waals surface area contributed by atoms with Gasteiger partial charge in [0.1, 0.15) is 7.85 Å². The predicted octanol–water partition coefficient (Wildman–Crippen LogP) is 14.9. The zero-order chi connectivity index (χ0) is 49.0. The second-order valence-electron chi connectivity index (χ2n) is 19.4. The summed E-state index contributed by atoms with van der Waals surface area (Å²) in [6.07, 6.45) is 22.0. The standard InChI is InChI=1S/C63H70BN3O2/c1-9-14-16-27-43(11-3)58-44(12-4)33-34-53(65)61(58)60-49(25-10-2)51(47-30-20-19-26-42(47)6)40-54(59(60)50-32-22-21-31-48(50)45-28-17-15-18-29-45)67-55(41-64)52(62(7)37-23-24-38-63(62,67)8)39-46(13-5)66-56(68)35-36-57(66)69/h9,11,13-22,26-34,39-41H,10,12,23-25,35-38,64-65H2,1-8H3/b14-9-,27-16-,43-11-,46-13+,52-39+,55-41-. The zero-order valence-electron chi connectivity index (χ0n) is 42.5. The molecule has 2 N–H and O–H groups in total. The Hall–Kier alpha value is -6.66. The van der Waals surface area contributed by atoms with Gasteiger partial charge in [-0.1, -0.05) is 161 Å². The van der Waals surface area contributed by atoms with Gasteiger partial charge in [-0.3, -0.25) is 14.5 Å². The van der Waals surface area contributed by atoms with Crippen LogP contribution < -0.4 is 10.6 Å². The number of allylic oxidation sites excluding steroid dienone is 9. The molecule has 2 atom stereocenters. The largest absolute Gasteiger partial charge is 0.398 e. The van der Waals surface area contributed by atoms with Crippen molar-refractivity contribution in [2.75, 3.05) is 10.6 Å². The second-order valence-corrected chi connectivity index (χ2v) is 19.4. The van der Waals surface area contributed by atoms with E-state index in [4.69, 9.17) is 5.73 Å². The molecule has 2 heterocycles. The van der Waals surface area contributed by atoms with Crippen molar-refractivity contribution in [3.8, 4) is 44.5 Å². The van der Waals surface area contributed by atoms with Crippen molar-refractivity contribution >= 4 is 36.6 Å². The summed E-state index contributed by atoms with van der Waals surface area (Å²) in [4.78, 5) is 31.0. The Kier molecular flexibility index (Phi) is 14.5. The van der Waals surface area contributed by atoms with Gasteiger partial charge >= 0.3 is 0 Å². The first kappa shape index (κ1) is 48.8. The number of fused-ring (bicyclic) bond motifs is 1. The lowest BCUT2D eigenvalue weighted by molar-refractivity contribution is -0.135. The topological polar surface area (TPSA) is 66.6 Å². The van der Waals surface area contributed by atoms with Crippen LogP contribution in [0.2, 0.25) is 0 Å². The van der Waals surface area contributed by atoms with E-state index in [1.54, 1.807) is 0 Å². The van der Waals surface area contributed by atoms with E-state index in [0.29, 0.717) is 5.70 Å². The van der Waals surface area contributed by atoms with E-state index in [2.05, 4.69) is 201 Å². The lowest BCUT2D eigenvalue weighted by atomic mass is 9.61. The van der Waals surface area contributed by atoms with E-state index >= 15 is 0 Å². The normalized spacial score (nSPS) is 21.2. The van der Waals surface area contributed by atoms with E-state index in [9.17, 15) is 9.59 Å². The summed E-state index contributed by atoms with van der Waals surface area (Å²) in [6.45, 7) is 17.8. The molecule has 3 fully saturated rings. The molecular weight excluding hydrogens is 842 g/mol. The molecule has 8 rings (SSSR count). The molecule has 2 aliphatic heterocycles. The number of hydrogen-bond acceptors (Lipinski definition) is 4. The van der Waals surface area contributed by atoms with Gasteiger partial charge in [-0.05, 0) is 145 Å². The van der Waals surface area contributed by atoms with Gasteiger partial charge < -0.3 is 10.6 Å². The highest BCUT2D eigenvalue weighted by atomic mass is 16.2. The van der Waals surface area contributed by atoms with Crippen LogP contribution in [0, 0.1) is 12.3 Å². The molecule has 5 aromatic rings. The van der Waals surface area contributed by atoms with Crippen molar-refractivity contribution in [3.05, 3.63) is 185 Å². The third-order valence-corrected chi connectivity index (χ3v) is 15.6. The van der Waals surface area contributed by atoms with E-state index < -0.39 is 5.54 Å². The van der Waals surface area contributed by atoms with Crippen LogP contribution in [0.3, 0.4) is 0 Å². The minimum atomic E-state index is -0.414. The van der Waals surface area contributed by atoms with Crippen LogP contribution in [0.4, 0.5) is 11.4 Å². The van der Waals surface area contributed by atoms with Crippen molar-refractivity contribution in [2.24, 2.45) is 5.41 Å². The number of carbonyl (C=O) groups excluding carboxylic acids is 2. The average Bonchev–Trinajstić information content (AvgIpc) is 3.80. The molecule has 0 aromatic heterocycles. The molecule has 6 heteroatoms. The maximum Gasteiger partial charge on any atom is 0.234 e. The van der Waals surface area contributed by atoms with Crippen LogP contribution in [0.5, 0.6) is 0 Å². The Balaban J connectivity index is 1.63. The fraction of sp³-hybridized carbons (Fsp3) is 0.302. The van der Waals surface area contributed by atoms with Gasteiger partial charge in [0, 0.05) is 46.5 Å². The van der Waals surface area contributed by atoms with Gasteiger partial charge in [0.15, 0.2) is 0 Å². The van der Waals surface area contributed by atoms with Gasteiger partial charge in [-0.25, -0.2) is 0 Å². The Morgan fingerprint density at radius 1 is 0.754 bits per heavy atom. The summed E-state index contributed by atoms with van der Waals surface area (Å²) >= 11 is 0. The van der Waals surface area contributed by atoms with Gasteiger partial charge in [0.25, 0.3) is 0 Å². The third kappa shape index (κ3) is 8.51. The minimum absolute atomic E-state index is 0.138. The molecule has 1 saturated carbocycles. The molecular formula is C63H70BN3O2. The highest BCUT2D eigenvalue weighted by Gasteiger charge is 2.60. The Morgan fingerprint density at radius 3 is 2.06 bits per heavy atom. The lowest BCUT2D eigenvalue weighted by Gasteiger charge is -2.50. The van der Waals surface area contributed by atoms with Crippen LogP contribution in [0.1, 0.15) is 116 Å². The number of nitrogens with two attached hydrogens (primary N) is 1. The number of hydrogen-bond donors (Lipinski definition) is 1. The number of aryl methyl sites for hydroxylation is 2. The van der Waals surface area contributed by atoms with Gasteiger partial charge in [0.05, 0.1) is 11.2 Å². The van der Waals surface area contributed by atoms with E-state index in [0.717, 1.165) is 112 Å². The summed E-state index contributed by atoms with van der Waals surface area (Å²) in [6, 6.07) is 35.5. The van der Waals surface area contributed by atoms with Gasteiger partial charge in [0.2, 0.25) is 11.8 Å². The SMILES string of the molecule is B/C=C1/C(=C\C(=C/C)N2C(=O)CCC2=O)C2(C)CCCCC2(C)N1c1cc(-c2ccccc2C)c(CCC)c(-c2c(N)ccc(CC)c2C(/C=C\C=C/C)=C\C)c1-c1ccccc1-c1ccccc1. The van der Waals surface area contributed by atoms with E-state index in [1.165, 1.54) is 32.7 Å². The predicted molar refractivity (Wildman–Crippen MR) is 295 cm³/mol. The fourth-order valence-electron chi connectivity index (χ4n) is 11.9. The molecule has 352 valence electrons. The Bertz CT molecular complexity index is 2970. The van der Waals surface area contributed by atoms with Crippen LogP contribution in [-0.2, 0) is 22.4 Å². The summed E-state index contributed by atoms with van der Waals surface area (Å²) in [5.41, 5.74) is 26.8. The number of benzene rings is 5. The minimum Gasteiger partial charge on any atom is -0.398 e. The first-order valence-electron chi connectivity index (χ1n) is 25.4. The fourth-order valence-corrected chi connectivity index (χ4v) is 11.9. The van der Waals surface area contributed by atoms with Gasteiger partial charge in [-0.15, -0.1) is 5.98 Å². The highest BCUT2D eigenvalue weighted by molar-refractivity contribution is 6.18. The number of carbonyl (C=O) groups is 2. The number of likely N-dealkylation sites (tertiary alicyclic amines) is 1. The Morgan fingerprint density at radius 2 is 1.42 bits per heavy atom. The maximum atomic E-state index is 13.5. The molecule has 0 spiro atoms. The van der Waals surface area contributed by atoms with Crippen LogP contribution in [-0.4, -0.2) is 30.1 Å². The molecule has 0 bridgehead atoms. The smallest absolute Gasteiger partial charge is 0.234 e. The highest BCUT2D eigenvalue weighted by Crippen LogP contribution is 2.65. The number of nitrogens with zero attached hydrogens (tertiary/aromatic N) is 2. The number of anilines is 2. The monoisotopic (exact) mass is 912 g/mol. The average molecular weight is 912 g/mol. The first-order valence-corrected chi connectivity index (χ1v) is 25.4. The van der Waals surface area contributed by atoms with Crippen molar-refractivity contribution in [1.29, 1.82) is 0 Å². The summed E-state index contributed by atoms with van der Waals surface area (Å²) < 4.78 is 0. The van der Waals surface area contributed by atoms with Crippen LogP contribution in [0.25, 0.3) is 50.1 Å². The number of nitrogen functional groups attached to an aromatic ring is 1. The molecule has 3 aliphatic rings. The van der Waals surface area contributed by atoms with Crippen molar-refractivity contribution in [2.45, 2.75) is 119 Å². The zero-order valence-corrected chi connectivity index (χ0v) is 42.5. The number of imide groups is 1. The van der Waals surface area contributed by atoms with E-state index in [-0.39, 0.29) is 30.1 Å². The molecule has 2 saturated heterocycles. The molecule has 5 aromatic carbocycles. The molecule has 2 amide bonds.